The lowest BCUT2D eigenvalue weighted by Crippen LogP contribution is -2.34. The van der Waals surface area contributed by atoms with Gasteiger partial charge in [-0.15, -0.1) is 10.2 Å². The van der Waals surface area contributed by atoms with Crippen LogP contribution in [-0.4, -0.2) is 47.5 Å². The minimum Gasteiger partial charge on any atom is -0.316 e. The molecule has 1 saturated heterocycles. The van der Waals surface area contributed by atoms with E-state index < -0.39 is 0 Å². The number of rotatable bonds is 5. The Hall–Kier alpha value is -2.54. The Morgan fingerprint density at radius 2 is 2.12 bits per heavy atom. The monoisotopic (exact) mass is 337 g/mol. The summed E-state index contributed by atoms with van der Waals surface area (Å²) in [4.78, 5) is 6.71. The quantitative estimate of drug-likeness (QED) is 0.711. The van der Waals surface area contributed by atoms with Gasteiger partial charge < -0.3 is 4.57 Å². The maximum absolute atomic E-state index is 4.49. The maximum Gasteiger partial charge on any atom is 0.154 e. The van der Waals surface area contributed by atoms with Crippen LogP contribution in [-0.2, 0) is 20.1 Å². The van der Waals surface area contributed by atoms with Gasteiger partial charge in [-0.1, -0.05) is 6.07 Å². The molecule has 3 aromatic heterocycles. The summed E-state index contributed by atoms with van der Waals surface area (Å²) in [5, 5.41) is 13.1. The third-order valence-corrected chi connectivity index (χ3v) is 4.86. The Morgan fingerprint density at radius 1 is 1.16 bits per heavy atom. The molecule has 1 fully saturated rings. The number of nitrogens with zero attached hydrogens (tertiary/aromatic N) is 7. The molecular formula is C18H23N7. The van der Waals surface area contributed by atoms with Crippen LogP contribution in [0.5, 0.6) is 0 Å². The van der Waals surface area contributed by atoms with Crippen molar-refractivity contribution in [2.24, 2.45) is 7.05 Å². The molecule has 0 bridgehead atoms. The van der Waals surface area contributed by atoms with E-state index in [-0.39, 0.29) is 0 Å². The van der Waals surface area contributed by atoms with Crippen LogP contribution in [0.3, 0.4) is 0 Å². The normalized spacial score (nSPS) is 18.5. The number of pyridine rings is 1. The third kappa shape index (κ3) is 3.61. The molecule has 25 heavy (non-hydrogen) atoms. The first kappa shape index (κ1) is 16.0. The minimum atomic E-state index is 0.425. The molecule has 0 saturated carbocycles. The minimum absolute atomic E-state index is 0.425. The highest BCUT2D eigenvalue weighted by Gasteiger charge is 2.26. The molecule has 0 spiro atoms. The van der Waals surface area contributed by atoms with Gasteiger partial charge in [-0.25, -0.2) is 0 Å². The van der Waals surface area contributed by atoms with Gasteiger partial charge in [0.25, 0.3) is 0 Å². The van der Waals surface area contributed by atoms with Gasteiger partial charge in [0.2, 0.25) is 0 Å². The number of hydrogen-bond donors (Lipinski definition) is 0. The molecule has 0 N–H and O–H groups in total. The van der Waals surface area contributed by atoms with Crippen LogP contribution < -0.4 is 0 Å². The molecule has 7 nitrogen and oxygen atoms in total. The zero-order valence-corrected chi connectivity index (χ0v) is 14.5. The van der Waals surface area contributed by atoms with Gasteiger partial charge in [-0.2, -0.15) is 5.10 Å². The highest BCUT2D eigenvalue weighted by Crippen LogP contribution is 2.26. The largest absolute Gasteiger partial charge is 0.316 e. The Morgan fingerprint density at radius 3 is 2.92 bits per heavy atom. The van der Waals surface area contributed by atoms with Crippen molar-refractivity contribution >= 4 is 0 Å². The predicted octanol–water partition coefficient (Wildman–Crippen LogP) is 1.83. The molecule has 0 aromatic carbocycles. The SMILES string of the molecule is Cn1c(Cn2cccn2)nnc1[C@H]1CCCN(Cc2cccnc2)C1. The molecule has 0 unspecified atom stereocenters. The van der Waals surface area contributed by atoms with E-state index in [9.17, 15) is 0 Å². The number of hydrogen-bond acceptors (Lipinski definition) is 5. The summed E-state index contributed by atoms with van der Waals surface area (Å²) < 4.78 is 4.02. The van der Waals surface area contributed by atoms with E-state index in [4.69, 9.17) is 0 Å². The maximum atomic E-state index is 4.49. The second-order valence-corrected chi connectivity index (χ2v) is 6.67. The Balaban J connectivity index is 1.45. The first-order chi connectivity index (χ1) is 12.3. The third-order valence-electron chi connectivity index (χ3n) is 4.86. The Labute approximate surface area is 147 Å². The zero-order chi connectivity index (χ0) is 17.1. The van der Waals surface area contributed by atoms with Crippen LogP contribution in [0.4, 0.5) is 0 Å². The van der Waals surface area contributed by atoms with E-state index in [1.165, 1.54) is 12.0 Å². The van der Waals surface area contributed by atoms with E-state index in [1.807, 2.05) is 35.4 Å². The fraction of sp³-hybridized carbons (Fsp3) is 0.444. The van der Waals surface area contributed by atoms with Crippen molar-refractivity contribution in [3.8, 4) is 0 Å². The smallest absolute Gasteiger partial charge is 0.154 e. The van der Waals surface area contributed by atoms with Crippen molar-refractivity contribution in [2.45, 2.75) is 31.8 Å². The van der Waals surface area contributed by atoms with Crippen LogP contribution in [0.2, 0.25) is 0 Å². The van der Waals surface area contributed by atoms with Gasteiger partial charge in [-0.3, -0.25) is 14.6 Å². The van der Waals surface area contributed by atoms with E-state index in [2.05, 4.69) is 42.9 Å². The lowest BCUT2D eigenvalue weighted by atomic mass is 9.97. The number of likely N-dealkylation sites (tertiary alicyclic amines) is 1. The second-order valence-electron chi connectivity index (χ2n) is 6.67. The average Bonchev–Trinajstić information content (AvgIpc) is 3.27. The summed E-state index contributed by atoms with van der Waals surface area (Å²) in [5.74, 6) is 2.45. The Kier molecular flexibility index (Phi) is 4.56. The molecule has 4 heterocycles. The first-order valence-corrected chi connectivity index (χ1v) is 8.76. The van der Waals surface area contributed by atoms with Crippen LogP contribution in [0, 0.1) is 0 Å². The molecule has 3 aromatic rings. The topological polar surface area (TPSA) is 64.7 Å². The fourth-order valence-corrected chi connectivity index (χ4v) is 3.57. The fourth-order valence-electron chi connectivity index (χ4n) is 3.57. The molecule has 130 valence electrons. The van der Waals surface area contributed by atoms with Gasteiger partial charge in [-0.05, 0) is 37.1 Å². The van der Waals surface area contributed by atoms with Crippen molar-refractivity contribution in [1.82, 2.24) is 34.4 Å². The van der Waals surface area contributed by atoms with E-state index in [1.54, 1.807) is 6.20 Å². The van der Waals surface area contributed by atoms with Gasteiger partial charge >= 0.3 is 0 Å². The van der Waals surface area contributed by atoms with Crippen molar-refractivity contribution in [3.63, 3.8) is 0 Å². The molecule has 4 rings (SSSR count). The lowest BCUT2D eigenvalue weighted by molar-refractivity contribution is 0.195. The molecule has 1 aliphatic rings. The zero-order valence-electron chi connectivity index (χ0n) is 14.5. The molecule has 0 radical (unpaired) electrons. The predicted molar refractivity (Wildman–Crippen MR) is 93.8 cm³/mol. The van der Waals surface area contributed by atoms with Gasteiger partial charge in [0.1, 0.15) is 12.4 Å². The summed E-state index contributed by atoms with van der Waals surface area (Å²) in [5.41, 5.74) is 1.26. The lowest BCUT2D eigenvalue weighted by Gasteiger charge is -2.32. The molecule has 7 heteroatoms. The molecular weight excluding hydrogens is 314 g/mol. The van der Waals surface area contributed by atoms with Crippen LogP contribution >= 0.6 is 0 Å². The standard InChI is InChI=1S/C18H23N7/c1-23-17(14-25-10-4-8-20-25)21-22-18(23)16-6-3-9-24(13-16)12-15-5-2-7-19-11-15/h2,4-5,7-8,10-11,16H,3,6,9,12-14H2,1H3/t16-/m0/s1. The summed E-state index contributed by atoms with van der Waals surface area (Å²) in [6.45, 7) is 3.75. The van der Waals surface area contributed by atoms with Crippen LogP contribution in [0.15, 0.2) is 43.0 Å². The first-order valence-electron chi connectivity index (χ1n) is 8.76. The average molecular weight is 337 g/mol. The molecule has 1 aliphatic heterocycles. The van der Waals surface area contributed by atoms with Gasteiger partial charge in [0.15, 0.2) is 5.82 Å². The van der Waals surface area contributed by atoms with E-state index in [0.29, 0.717) is 12.5 Å². The molecule has 0 amide bonds. The van der Waals surface area contributed by atoms with Crippen molar-refractivity contribution < 1.29 is 0 Å². The summed E-state index contributed by atoms with van der Waals surface area (Å²) in [7, 11) is 2.06. The van der Waals surface area contributed by atoms with Crippen molar-refractivity contribution in [2.75, 3.05) is 13.1 Å². The summed E-state index contributed by atoms with van der Waals surface area (Å²) in [6.07, 6.45) is 9.86. The summed E-state index contributed by atoms with van der Waals surface area (Å²) in [6, 6.07) is 6.07. The highest BCUT2D eigenvalue weighted by atomic mass is 15.3. The van der Waals surface area contributed by atoms with Crippen LogP contribution in [0.25, 0.3) is 0 Å². The Bertz CT molecular complexity index is 794. The van der Waals surface area contributed by atoms with E-state index >= 15 is 0 Å². The summed E-state index contributed by atoms with van der Waals surface area (Å²) >= 11 is 0. The number of aromatic nitrogens is 6. The van der Waals surface area contributed by atoms with Crippen molar-refractivity contribution in [1.29, 1.82) is 0 Å². The molecule has 1 atom stereocenters. The van der Waals surface area contributed by atoms with Crippen molar-refractivity contribution in [3.05, 3.63) is 60.2 Å². The van der Waals surface area contributed by atoms with Gasteiger partial charge in [0, 0.05) is 50.8 Å². The van der Waals surface area contributed by atoms with Gasteiger partial charge in [0.05, 0.1) is 0 Å². The number of piperidine rings is 1. The highest BCUT2D eigenvalue weighted by molar-refractivity contribution is 5.10. The second kappa shape index (κ2) is 7.14. The van der Waals surface area contributed by atoms with Crippen LogP contribution in [0.1, 0.15) is 36.0 Å². The molecule has 0 aliphatic carbocycles. The van der Waals surface area contributed by atoms with E-state index in [0.717, 1.165) is 37.7 Å².